The molecule has 0 spiro atoms. The summed E-state index contributed by atoms with van der Waals surface area (Å²) in [7, 11) is 0. The summed E-state index contributed by atoms with van der Waals surface area (Å²) in [6, 6.07) is 0. The summed E-state index contributed by atoms with van der Waals surface area (Å²) in [5.74, 6) is -1.13. The van der Waals surface area contributed by atoms with Crippen LogP contribution in [-0.4, -0.2) is 15.6 Å². The molecule has 0 aliphatic rings. The average molecular weight is 209 g/mol. The van der Waals surface area contributed by atoms with Crippen LogP contribution in [0, 0.1) is 0 Å². The molecule has 0 radical (unpaired) electrons. The number of hydrogen-bond donors (Lipinski definition) is 1. The Bertz CT molecular complexity index is 432. The molecule has 1 N–H and O–H groups in total. The zero-order chi connectivity index (χ0) is 11.6. The van der Waals surface area contributed by atoms with Gasteiger partial charge < -0.3 is 9.67 Å². The van der Waals surface area contributed by atoms with Gasteiger partial charge in [0.05, 0.1) is 0 Å². The minimum atomic E-state index is -1.16. The summed E-state index contributed by atoms with van der Waals surface area (Å²) in [6.45, 7) is 6.31. The van der Waals surface area contributed by atoms with Crippen molar-refractivity contribution in [1.82, 2.24) is 4.57 Å². The Balaban J connectivity index is 3.47. The Morgan fingerprint density at radius 2 is 2.07 bits per heavy atom. The number of hydrogen-bond acceptors (Lipinski definition) is 2. The van der Waals surface area contributed by atoms with Gasteiger partial charge in [0.2, 0.25) is 0 Å². The Kier molecular flexibility index (Phi) is 3.29. The first kappa shape index (κ1) is 11.5. The molecule has 0 atom stereocenters. The van der Waals surface area contributed by atoms with Gasteiger partial charge in [0.1, 0.15) is 5.56 Å². The summed E-state index contributed by atoms with van der Waals surface area (Å²) in [6.07, 6.45) is 3.11. The van der Waals surface area contributed by atoms with Crippen LogP contribution in [0.15, 0.2) is 17.2 Å². The average Bonchev–Trinajstić information content (AvgIpc) is 2.17. The van der Waals surface area contributed by atoms with Gasteiger partial charge in [0.15, 0.2) is 5.43 Å². The van der Waals surface area contributed by atoms with E-state index in [9.17, 15) is 9.59 Å². The molecule has 1 rings (SSSR count). The molecule has 0 aliphatic heterocycles. The second-order valence-electron chi connectivity index (χ2n) is 3.75. The maximum atomic E-state index is 11.7. The zero-order valence-electron chi connectivity index (χ0n) is 9.15. The van der Waals surface area contributed by atoms with Crippen LogP contribution < -0.4 is 5.43 Å². The lowest BCUT2D eigenvalue weighted by molar-refractivity contribution is 0.0694. The predicted molar refractivity (Wildman–Crippen MR) is 57.4 cm³/mol. The smallest absolute Gasteiger partial charge is 0.341 e. The molecule has 0 fully saturated rings. The van der Waals surface area contributed by atoms with E-state index in [4.69, 9.17) is 5.11 Å². The van der Waals surface area contributed by atoms with E-state index in [1.807, 2.05) is 20.8 Å². The lowest BCUT2D eigenvalue weighted by Gasteiger charge is -2.10. The van der Waals surface area contributed by atoms with E-state index in [0.717, 1.165) is 0 Å². The predicted octanol–water partition coefficient (Wildman–Crippen LogP) is 1.69. The number of rotatable bonds is 3. The minimum absolute atomic E-state index is 0.0367. The highest BCUT2D eigenvalue weighted by Gasteiger charge is 2.14. The fourth-order valence-corrected chi connectivity index (χ4v) is 1.40. The van der Waals surface area contributed by atoms with Crippen LogP contribution in [0.5, 0.6) is 0 Å². The molecule has 4 nitrogen and oxygen atoms in total. The third kappa shape index (κ3) is 2.26. The highest BCUT2D eigenvalue weighted by Crippen LogP contribution is 2.10. The highest BCUT2D eigenvalue weighted by atomic mass is 16.4. The van der Waals surface area contributed by atoms with Gasteiger partial charge in [-0.15, -0.1) is 0 Å². The van der Waals surface area contributed by atoms with Crippen molar-refractivity contribution in [3.63, 3.8) is 0 Å². The molecule has 0 aliphatic carbocycles. The Morgan fingerprint density at radius 1 is 1.47 bits per heavy atom. The standard InChI is InChI=1S/C11H15NO3/c1-4-12-5-8(7(2)3)10(13)9(6-12)11(14)15/h5-7H,4H2,1-3H3,(H,14,15). The van der Waals surface area contributed by atoms with Gasteiger partial charge in [-0.25, -0.2) is 4.79 Å². The Hall–Kier alpha value is -1.58. The molecular weight excluding hydrogens is 194 g/mol. The third-order valence-electron chi connectivity index (χ3n) is 2.32. The molecule has 1 aromatic heterocycles. The van der Waals surface area contributed by atoms with Gasteiger partial charge in [-0.05, 0) is 12.8 Å². The molecule has 0 saturated carbocycles. The Labute approximate surface area is 88.2 Å². The van der Waals surface area contributed by atoms with Crippen molar-refractivity contribution in [3.05, 3.63) is 33.7 Å². The SMILES string of the molecule is CCn1cc(C(=O)O)c(=O)c(C(C)C)c1. The molecule has 15 heavy (non-hydrogen) atoms. The van der Waals surface area contributed by atoms with Crippen molar-refractivity contribution in [1.29, 1.82) is 0 Å². The van der Waals surface area contributed by atoms with Crippen LogP contribution in [0.3, 0.4) is 0 Å². The minimum Gasteiger partial charge on any atom is -0.477 e. The quantitative estimate of drug-likeness (QED) is 0.824. The van der Waals surface area contributed by atoms with Gasteiger partial charge in [0, 0.05) is 24.5 Å². The zero-order valence-corrected chi connectivity index (χ0v) is 9.15. The number of aromatic carboxylic acids is 1. The number of carboxylic acids is 1. The number of aromatic nitrogens is 1. The molecule has 0 bridgehead atoms. The lowest BCUT2D eigenvalue weighted by atomic mass is 10.0. The second kappa shape index (κ2) is 4.29. The summed E-state index contributed by atoms with van der Waals surface area (Å²) in [5, 5.41) is 8.88. The molecule has 0 unspecified atom stereocenters. The molecule has 1 heterocycles. The fraction of sp³-hybridized carbons (Fsp3) is 0.455. The third-order valence-corrected chi connectivity index (χ3v) is 2.32. The van der Waals surface area contributed by atoms with Gasteiger partial charge in [-0.1, -0.05) is 13.8 Å². The van der Waals surface area contributed by atoms with E-state index >= 15 is 0 Å². The molecule has 0 saturated heterocycles. The van der Waals surface area contributed by atoms with Crippen LogP contribution >= 0.6 is 0 Å². The molecule has 1 aromatic rings. The summed E-state index contributed by atoms with van der Waals surface area (Å²) < 4.78 is 1.72. The van der Waals surface area contributed by atoms with E-state index < -0.39 is 5.97 Å². The van der Waals surface area contributed by atoms with E-state index in [0.29, 0.717) is 12.1 Å². The normalized spacial score (nSPS) is 10.7. The van der Waals surface area contributed by atoms with Crippen LogP contribution in [-0.2, 0) is 6.54 Å². The highest BCUT2D eigenvalue weighted by molar-refractivity contribution is 5.87. The van der Waals surface area contributed by atoms with Crippen LogP contribution in [0.2, 0.25) is 0 Å². The number of aryl methyl sites for hydroxylation is 1. The fourth-order valence-electron chi connectivity index (χ4n) is 1.40. The van der Waals surface area contributed by atoms with Crippen molar-refractivity contribution in [3.8, 4) is 0 Å². The van der Waals surface area contributed by atoms with Crippen molar-refractivity contribution < 1.29 is 9.90 Å². The number of carbonyl (C=O) groups is 1. The van der Waals surface area contributed by atoms with Crippen molar-refractivity contribution in [2.24, 2.45) is 0 Å². The summed E-state index contributed by atoms with van der Waals surface area (Å²) >= 11 is 0. The van der Waals surface area contributed by atoms with E-state index in [1.54, 1.807) is 10.8 Å². The largest absolute Gasteiger partial charge is 0.477 e. The number of carboxylic acid groups (broad SMARTS) is 1. The van der Waals surface area contributed by atoms with Gasteiger partial charge >= 0.3 is 5.97 Å². The lowest BCUT2D eigenvalue weighted by Crippen LogP contribution is -2.22. The molecule has 4 heteroatoms. The van der Waals surface area contributed by atoms with Crippen LogP contribution in [0.25, 0.3) is 0 Å². The van der Waals surface area contributed by atoms with Crippen molar-refractivity contribution in [2.45, 2.75) is 33.2 Å². The first-order valence-corrected chi connectivity index (χ1v) is 4.94. The maximum Gasteiger partial charge on any atom is 0.341 e. The number of nitrogens with zero attached hydrogens (tertiary/aromatic N) is 1. The molecule has 0 amide bonds. The van der Waals surface area contributed by atoms with Crippen LogP contribution in [0.1, 0.15) is 42.6 Å². The van der Waals surface area contributed by atoms with Gasteiger partial charge in [-0.2, -0.15) is 0 Å². The molecule has 82 valence electrons. The van der Waals surface area contributed by atoms with Crippen molar-refractivity contribution >= 4 is 5.97 Å². The van der Waals surface area contributed by atoms with E-state index in [1.165, 1.54) is 6.20 Å². The summed E-state index contributed by atoms with van der Waals surface area (Å²) in [4.78, 5) is 22.6. The van der Waals surface area contributed by atoms with E-state index in [-0.39, 0.29) is 16.9 Å². The summed E-state index contributed by atoms with van der Waals surface area (Å²) in [5.41, 5.74) is 0.0296. The van der Waals surface area contributed by atoms with E-state index in [2.05, 4.69) is 0 Å². The number of pyridine rings is 1. The molecule has 0 aromatic carbocycles. The second-order valence-corrected chi connectivity index (χ2v) is 3.75. The monoisotopic (exact) mass is 209 g/mol. The Morgan fingerprint density at radius 3 is 2.47 bits per heavy atom. The maximum absolute atomic E-state index is 11.7. The van der Waals surface area contributed by atoms with Crippen LogP contribution in [0.4, 0.5) is 0 Å². The van der Waals surface area contributed by atoms with Gasteiger partial charge in [-0.3, -0.25) is 4.79 Å². The molecular formula is C11H15NO3. The van der Waals surface area contributed by atoms with Crippen molar-refractivity contribution in [2.75, 3.05) is 0 Å². The topological polar surface area (TPSA) is 59.3 Å². The van der Waals surface area contributed by atoms with Gasteiger partial charge in [0.25, 0.3) is 0 Å². The first-order chi connectivity index (χ1) is 6.97. The first-order valence-electron chi connectivity index (χ1n) is 4.94.